The molecule has 0 unspecified atom stereocenters. The van der Waals surface area contributed by atoms with Crippen molar-refractivity contribution in [2.75, 3.05) is 13.3 Å². The molecule has 0 atom stereocenters. The molecule has 21 heavy (non-hydrogen) atoms. The highest BCUT2D eigenvalue weighted by atomic mass is 35.5. The van der Waals surface area contributed by atoms with Gasteiger partial charge in [0.2, 0.25) is 0 Å². The van der Waals surface area contributed by atoms with Crippen LogP contribution in [-0.4, -0.2) is 13.3 Å². The number of hydrogen-bond donors (Lipinski definition) is 0. The Kier molecular flexibility index (Phi) is 6.30. The van der Waals surface area contributed by atoms with Crippen LogP contribution in [0, 0.1) is 0 Å². The van der Waals surface area contributed by atoms with Crippen molar-refractivity contribution in [2.24, 2.45) is 0 Å². The van der Waals surface area contributed by atoms with Crippen molar-refractivity contribution in [3.05, 3.63) is 63.6 Å². The molecule has 0 N–H and O–H groups in total. The Bertz CT molecular complexity index is 553. The number of alkyl halides is 1. The third-order valence-electron chi connectivity index (χ3n) is 2.85. The molecule has 0 amide bonds. The van der Waals surface area contributed by atoms with Crippen molar-refractivity contribution in [1.82, 2.24) is 0 Å². The summed E-state index contributed by atoms with van der Waals surface area (Å²) in [5.74, 6) is 0.644. The molecule has 0 saturated heterocycles. The zero-order valence-corrected chi connectivity index (χ0v) is 12.8. The van der Waals surface area contributed by atoms with Crippen molar-refractivity contribution in [3.8, 4) is 5.75 Å². The smallest absolute Gasteiger partial charge is 0.123 e. The summed E-state index contributed by atoms with van der Waals surface area (Å²) in [4.78, 5) is 0. The van der Waals surface area contributed by atoms with Crippen molar-refractivity contribution in [3.63, 3.8) is 0 Å². The summed E-state index contributed by atoms with van der Waals surface area (Å²) >= 11 is 12.1. The van der Waals surface area contributed by atoms with E-state index < -0.39 is 6.67 Å². The van der Waals surface area contributed by atoms with Gasteiger partial charge < -0.3 is 9.47 Å². The lowest BCUT2D eigenvalue weighted by Crippen LogP contribution is -1.99. The molecule has 0 aromatic heterocycles. The van der Waals surface area contributed by atoms with Crippen LogP contribution in [0.2, 0.25) is 10.0 Å². The summed E-state index contributed by atoms with van der Waals surface area (Å²) in [5, 5.41) is 1.19. The van der Waals surface area contributed by atoms with E-state index in [1.54, 1.807) is 30.3 Å². The minimum absolute atomic E-state index is 0.0703. The van der Waals surface area contributed by atoms with Gasteiger partial charge in [0.15, 0.2) is 0 Å². The Morgan fingerprint density at radius 3 is 2.19 bits per heavy atom. The van der Waals surface area contributed by atoms with Crippen LogP contribution in [0.15, 0.2) is 42.5 Å². The molecule has 0 heterocycles. The van der Waals surface area contributed by atoms with E-state index in [9.17, 15) is 4.39 Å². The number of halogens is 3. The van der Waals surface area contributed by atoms with Crippen molar-refractivity contribution in [1.29, 1.82) is 0 Å². The summed E-state index contributed by atoms with van der Waals surface area (Å²) in [6, 6.07) is 12.7. The van der Waals surface area contributed by atoms with Gasteiger partial charge in [0.05, 0.1) is 13.2 Å². The summed E-state index contributed by atoms with van der Waals surface area (Å²) in [5.41, 5.74) is 1.77. The van der Waals surface area contributed by atoms with E-state index in [0.717, 1.165) is 11.1 Å². The summed E-state index contributed by atoms with van der Waals surface area (Å²) in [6.07, 6.45) is 0. The van der Waals surface area contributed by atoms with E-state index >= 15 is 0 Å². The Labute approximate surface area is 133 Å². The summed E-state index contributed by atoms with van der Waals surface area (Å²) in [6.45, 7) is 0.355. The minimum Gasteiger partial charge on any atom is -0.491 e. The van der Waals surface area contributed by atoms with Gasteiger partial charge in [-0.25, -0.2) is 4.39 Å². The lowest BCUT2D eigenvalue weighted by molar-refractivity contribution is 0.107. The van der Waals surface area contributed by atoms with Crippen LogP contribution in [0.25, 0.3) is 0 Å². The minimum atomic E-state index is -0.497. The highest BCUT2D eigenvalue weighted by molar-refractivity contribution is 6.35. The first kappa shape index (κ1) is 16.1. The maximum Gasteiger partial charge on any atom is 0.123 e. The number of rotatable bonds is 7. The molecule has 0 saturated carbocycles. The molecule has 0 radical (unpaired) electrons. The largest absolute Gasteiger partial charge is 0.491 e. The van der Waals surface area contributed by atoms with Crippen molar-refractivity contribution < 1.29 is 13.9 Å². The molecule has 0 aliphatic carbocycles. The van der Waals surface area contributed by atoms with Gasteiger partial charge in [0, 0.05) is 15.6 Å². The molecule has 2 aromatic carbocycles. The molecule has 2 rings (SSSR count). The normalized spacial score (nSPS) is 10.6. The average Bonchev–Trinajstić information content (AvgIpc) is 2.49. The average molecular weight is 329 g/mol. The summed E-state index contributed by atoms with van der Waals surface area (Å²) < 4.78 is 22.8. The molecule has 2 nitrogen and oxygen atoms in total. The van der Waals surface area contributed by atoms with Crippen LogP contribution >= 0.6 is 23.2 Å². The highest BCUT2D eigenvalue weighted by Gasteiger charge is 2.05. The second kappa shape index (κ2) is 8.23. The van der Waals surface area contributed by atoms with E-state index in [-0.39, 0.29) is 6.61 Å². The zero-order chi connectivity index (χ0) is 15.1. The SMILES string of the molecule is FCCOc1ccc(COCc2c(Cl)cccc2Cl)cc1. The first-order valence-corrected chi connectivity index (χ1v) is 7.24. The van der Waals surface area contributed by atoms with Crippen LogP contribution < -0.4 is 4.74 Å². The molecular formula is C16H15Cl2FO2. The van der Waals surface area contributed by atoms with Crippen LogP contribution in [0.5, 0.6) is 5.75 Å². The molecule has 0 aliphatic heterocycles. The van der Waals surface area contributed by atoms with Crippen LogP contribution in [0.4, 0.5) is 4.39 Å². The molecule has 5 heteroatoms. The number of hydrogen-bond acceptors (Lipinski definition) is 2. The van der Waals surface area contributed by atoms with Gasteiger partial charge in [0.25, 0.3) is 0 Å². The Hall–Kier alpha value is -1.29. The quantitative estimate of drug-likeness (QED) is 0.707. The van der Waals surface area contributed by atoms with Gasteiger partial charge in [-0.1, -0.05) is 41.4 Å². The lowest BCUT2D eigenvalue weighted by Gasteiger charge is -2.09. The monoisotopic (exact) mass is 328 g/mol. The zero-order valence-electron chi connectivity index (χ0n) is 11.3. The van der Waals surface area contributed by atoms with Gasteiger partial charge in [-0.05, 0) is 29.8 Å². The van der Waals surface area contributed by atoms with E-state index in [2.05, 4.69) is 0 Å². The predicted octanol–water partition coefficient (Wildman–Crippen LogP) is 5.06. The molecule has 2 aromatic rings. The number of benzene rings is 2. The second-order valence-corrected chi connectivity index (χ2v) is 5.19. The molecule has 0 aliphatic rings. The lowest BCUT2D eigenvalue weighted by atomic mass is 10.2. The third kappa shape index (κ3) is 4.88. The molecule has 0 fully saturated rings. The fourth-order valence-corrected chi connectivity index (χ4v) is 2.29. The number of ether oxygens (including phenoxy) is 2. The van der Waals surface area contributed by atoms with Gasteiger partial charge >= 0.3 is 0 Å². The first-order chi connectivity index (χ1) is 10.2. The maximum absolute atomic E-state index is 12.0. The van der Waals surface area contributed by atoms with Gasteiger partial charge in [-0.15, -0.1) is 0 Å². The van der Waals surface area contributed by atoms with Crippen molar-refractivity contribution >= 4 is 23.2 Å². The standard InChI is InChI=1S/C16H15Cl2FO2/c17-15-2-1-3-16(18)14(15)11-20-10-12-4-6-13(7-5-12)21-9-8-19/h1-7H,8-11H2. The fourth-order valence-electron chi connectivity index (χ4n) is 1.78. The summed E-state index contributed by atoms with van der Waals surface area (Å²) in [7, 11) is 0. The van der Waals surface area contributed by atoms with E-state index in [0.29, 0.717) is 29.0 Å². The van der Waals surface area contributed by atoms with E-state index in [1.165, 1.54) is 0 Å². The Morgan fingerprint density at radius 2 is 1.57 bits per heavy atom. The maximum atomic E-state index is 12.0. The Morgan fingerprint density at radius 1 is 0.905 bits per heavy atom. The van der Waals surface area contributed by atoms with Crippen LogP contribution in [-0.2, 0) is 18.0 Å². The second-order valence-electron chi connectivity index (χ2n) is 4.37. The molecule has 0 spiro atoms. The predicted molar refractivity (Wildman–Crippen MR) is 82.9 cm³/mol. The van der Waals surface area contributed by atoms with Gasteiger partial charge in [-0.3, -0.25) is 0 Å². The van der Waals surface area contributed by atoms with E-state index in [1.807, 2.05) is 12.1 Å². The fraction of sp³-hybridized carbons (Fsp3) is 0.250. The Balaban J connectivity index is 1.86. The van der Waals surface area contributed by atoms with Crippen LogP contribution in [0.3, 0.4) is 0 Å². The third-order valence-corrected chi connectivity index (χ3v) is 3.55. The molecule has 0 bridgehead atoms. The first-order valence-electron chi connectivity index (χ1n) is 6.49. The topological polar surface area (TPSA) is 18.5 Å². The molecular weight excluding hydrogens is 314 g/mol. The molecule has 112 valence electrons. The van der Waals surface area contributed by atoms with Gasteiger partial charge in [-0.2, -0.15) is 0 Å². The highest BCUT2D eigenvalue weighted by Crippen LogP contribution is 2.25. The van der Waals surface area contributed by atoms with Crippen LogP contribution in [0.1, 0.15) is 11.1 Å². The van der Waals surface area contributed by atoms with Gasteiger partial charge in [0.1, 0.15) is 19.0 Å². The van der Waals surface area contributed by atoms with E-state index in [4.69, 9.17) is 32.7 Å². The van der Waals surface area contributed by atoms with Crippen molar-refractivity contribution in [2.45, 2.75) is 13.2 Å².